The van der Waals surface area contributed by atoms with Crippen molar-refractivity contribution in [2.24, 2.45) is 14.1 Å². The number of hydrogen-bond donors (Lipinski definition) is 0. The molecule has 2 aromatic heterocycles. The van der Waals surface area contributed by atoms with Gasteiger partial charge < -0.3 is 9.13 Å². The normalized spacial score (nSPS) is 12.2. The third-order valence-corrected chi connectivity index (χ3v) is 7.89. The number of rotatable bonds is 7. The maximum Gasteiger partial charge on any atom is 0.0486 e. The van der Waals surface area contributed by atoms with Crippen molar-refractivity contribution in [3.8, 4) is 0 Å². The summed E-state index contributed by atoms with van der Waals surface area (Å²) in [6.45, 7) is 2.28. The zero-order valence-electron chi connectivity index (χ0n) is 20.7. The van der Waals surface area contributed by atoms with Crippen LogP contribution in [0.4, 0.5) is 0 Å². The summed E-state index contributed by atoms with van der Waals surface area (Å²) < 4.78 is 4.62. The molecule has 0 spiro atoms. The molecule has 0 aliphatic rings. The third-order valence-electron chi connectivity index (χ3n) is 7.89. The van der Waals surface area contributed by atoms with Crippen LogP contribution in [0.2, 0.25) is 0 Å². The third kappa shape index (κ3) is 3.48. The van der Waals surface area contributed by atoms with Crippen molar-refractivity contribution in [2.45, 2.75) is 51.9 Å². The Kier molecular flexibility index (Phi) is 5.32. The number of aryl methyl sites for hydroxylation is 3. The van der Waals surface area contributed by atoms with Crippen molar-refractivity contribution in [3.05, 3.63) is 72.6 Å². The second kappa shape index (κ2) is 8.51. The van der Waals surface area contributed by atoms with Gasteiger partial charge in [-0.15, -0.1) is 0 Å². The molecule has 0 saturated carbocycles. The lowest BCUT2D eigenvalue weighted by atomic mass is 9.95. The molecule has 2 heteroatoms. The van der Waals surface area contributed by atoms with E-state index in [0.29, 0.717) is 0 Å². The summed E-state index contributed by atoms with van der Waals surface area (Å²) in [4.78, 5) is 0. The minimum atomic E-state index is 1.17. The van der Waals surface area contributed by atoms with Gasteiger partial charge in [-0.25, -0.2) is 0 Å². The predicted molar refractivity (Wildman–Crippen MR) is 149 cm³/mol. The van der Waals surface area contributed by atoms with Crippen molar-refractivity contribution in [3.63, 3.8) is 0 Å². The van der Waals surface area contributed by atoms with E-state index in [2.05, 4.69) is 97.0 Å². The average molecular weight is 447 g/mol. The molecule has 2 nitrogen and oxygen atoms in total. The van der Waals surface area contributed by atoms with Crippen LogP contribution >= 0.6 is 0 Å². The number of benzene rings is 4. The van der Waals surface area contributed by atoms with E-state index in [4.69, 9.17) is 0 Å². The van der Waals surface area contributed by atoms with E-state index in [0.717, 1.165) is 0 Å². The van der Waals surface area contributed by atoms with E-state index in [1.54, 1.807) is 0 Å². The number of hydrogen-bond acceptors (Lipinski definition) is 0. The molecule has 0 saturated heterocycles. The summed E-state index contributed by atoms with van der Waals surface area (Å²) >= 11 is 0. The van der Waals surface area contributed by atoms with E-state index >= 15 is 0 Å². The van der Waals surface area contributed by atoms with Crippen molar-refractivity contribution in [2.75, 3.05) is 0 Å². The van der Waals surface area contributed by atoms with Crippen LogP contribution in [0.1, 0.15) is 51.1 Å². The van der Waals surface area contributed by atoms with Crippen LogP contribution in [0.3, 0.4) is 0 Å². The summed E-state index contributed by atoms with van der Waals surface area (Å²) in [7, 11) is 4.36. The van der Waals surface area contributed by atoms with Gasteiger partial charge in [-0.2, -0.15) is 0 Å². The molecule has 4 aromatic carbocycles. The molecule has 0 aliphatic heterocycles. The minimum absolute atomic E-state index is 1.17. The maximum absolute atomic E-state index is 2.42. The highest BCUT2D eigenvalue weighted by atomic mass is 14.9. The Labute approximate surface area is 201 Å². The van der Waals surface area contributed by atoms with Crippen LogP contribution in [-0.2, 0) is 20.5 Å². The first-order valence-corrected chi connectivity index (χ1v) is 13.0. The van der Waals surface area contributed by atoms with Gasteiger partial charge >= 0.3 is 0 Å². The zero-order valence-corrected chi connectivity index (χ0v) is 20.7. The SMILES string of the molecule is CCCCCCCCc1cc2cc3c(ccc4c5cc6ccn(C)c6cc5ccc34)cc2n1C. The average Bonchev–Trinajstić information content (AvgIpc) is 3.37. The van der Waals surface area contributed by atoms with E-state index in [9.17, 15) is 0 Å². The van der Waals surface area contributed by atoms with Crippen molar-refractivity contribution < 1.29 is 0 Å². The number of unbranched alkanes of at least 4 members (excludes halogenated alkanes) is 5. The predicted octanol–water partition coefficient (Wildman–Crippen LogP) is 9.03. The van der Waals surface area contributed by atoms with E-state index in [1.165, 1.54) is 105 Å². The summed E-state index contributed by atoms with van der Waals surface area (Å²) in [6, 6.07) is 23.4. The number of nitrogens with zero attached hydrogens (tertiary/aromatic N) is 2. The molecule has 0 N–H and O–H groups in total. The molecule has 2 heterocycles. The highest BCUT2D eigenvalue weighted by molar-refractivity contribution is 6.20. The van der Waals surface area contributed by atoms with Crippen LogP contribution in [0.15, 0.2) is 66.9 Å². The molecule has 0 amide bonds. The molecule has 0 aliphatic carbocycles. The first-order chi connectivity index (χ1) is 16.6. The summed E-state index contributed by atoms with van der Waals surface area (Å²) in [5.74, 6) is 0. The number of fused-ring (bicyclic) bond motifs is 7. The van der Waals surface area contributed by atoms with Gasteiger partial charge in [-0.1, -0.05) is 63.3 Å². The Balaban J connectivity index is 1.42. The molecule has 0 radical (unpaired) electrons. The van der Waals surface area contributed by atoms with E-state index in [-0.39, 0.29) is 0 Å². The smallest absolute Gasteiger partial charge is 0.0486 e. The fourth-order valence-electron chi connectivity index (χ4n) is 5.85. The second-order valence-corrected chi connectivity index (χ2v) is 10.1. The van der Waals surface area contributed by atoms with Gasteiger partial charge in [0.05, 0.1) is 0 Å². The number of aromatic nitrogens is 2. The van der Waals surface area contributed by atoms with E-state index < -0.39 is 0 Å². The van der Waals surface area contributed by atoms with Gasteiger partial charge in [0, 0.05) is 47.8 Å². The first kappa shape index (κ1) is 21.3. The topological polar surface area (TPSA) is 9.86 Å². The largest absolute Gasteiger partial charge is 0.351 e. The molecule has 6 rings (SSSR count). The lowest BCUT2D eigenvalue weighted by Crippen LogP contribution is -1.96. The fraction of sp³-hybridized carbons (Fsp3) is 0.312. The van der Waals surface area contributed by atoms with Gasteiger partial charge in [-0.3, -0.25) is 0 Å². The first-order valence-electron chi connectivity index (χ1n) is 13.0. The van der Waals surface area contributed by atoms with Crippen LogP contribution in [0, 0.1) is 0 Å². The molecular weight excluding hydrogens is 412 g/mol. The molecule has 6 aromatic rings. The van der Waals surface area contributed by atoms with Crippen LogP contribution in [-0.4, -0.2) is 9.13 Å². The quantitative estimate of drug-likeness (QED) is 0.171. The highest BCUT2D eigenvalue weighted by Gasteiger charge is 2.11. The Morgan fingerprint density at radius 1 is 0.559 bits per heavy atom. The highest BCUT2D eigenvalue weighted by Crippen LogP contribution is 2.36. The van der Waals surface area contributed by atoms with Gasteiger partial charge in [0.15, 0.2) is 0 Å². The lowest BCUT2D eigenvalue weighted by Gasteiger charge is -2.10. The van der Waals surface area contributed by atoms with Crippen molar-refractivity contribution in [1.29, 1.82) is 0 Å². The molecule has 0 unspecified atom stereocenters. The molecule has 172 valence electrons. The molecule has 34 heavy (non-hydrogen) atoms. The van der Waals surface area contributed by atoms with Gasteiger partial charge in [0.1, 0.15) is 0 Å². The van der Waals surface area contributed by atoms with Crippen LogP contribution in [0.25, 0.3) is 54.1 Å². The Bertz CT molecular complexity index is 1660. The maximum atomic E-state index is 2.42. The zero-order chi connectivity index (χ0) is 23.2. The lowest BCUT2D eigenvalue weighted by molar-refractivity contribution is 0.600. The summed E-state index contributed by atoms with van der Waals surface area (Å²) in [6.07, 6.45) is 11.4. The monoisotopic (exact) mass is 446 g/mol. The van der Waals surface area contributed by atoms with Crippen molar-refractivity contribution in [1.82, 2.24) is 9.13 Å². The van der Waals surface area contributed by atoms with Crippen LogP contribution < -0.4 is 0 Å². The van der Waals surface area contributed by atoms with Gasteiger partial charge in [-0.05, 0) is 81.6 Å². The van der Waals surface area contributed by atoms with Gasteiger partial charge in [0.2, 0.25) is 0 Å². The summed E-state index contributed by atoms with van der Waals surface area (Å²) in [5.41, 5.74) is 4.10. The Morgan fingerprint density at radius 2 is 1.21 bits per heavy atom. The fourth-order valence-corrected chi connectivity index (χ4v) is 5.85. The standard InChI is InChI=1S/C32H34N2/c1-4-5-6-7-8-9-10-26-17-25-19-30-23(21-32(25)34(26)3)12-14-27-28(30)13-11-22-20-31-24(18-29(22)27)15-16-33(31)2/h11-21H,4-10H2,1-3H3. The molecule has 0 fully saturated rings. The van der Waals surface area contributed by atoms with Crippen LogP contribution in [0.5, 0.6) is 0 Å². The molecule has 0 bridgehead atoms. The van der Waals surface area contributed by atoms with Gasteiger partial charge in [0.25, 0.3) is 0 Å². The molecule has 0 atom stereocenters. The summed E-state index contributed by atoms with van der Waals surface area (Å²) in [5, 5.41) is 10.7. The molecular formula is C32H34N2. The van der Waals surface area contributed by atoms with E-state index in [1.807, 2.05) is 0 Å². The Morgan fingerprint density at radius 3 is 1.94 bits per heavy atom. The Hall–Kier alpha value is -3.26. The van der Waals surface area contributed by atoms with Crippen molar-refractivity contribution >= 4 is 54.1 Å². The second-order valence-electron chi connectivity index (χ2n) is 10.1. The minimum Gasteiger partial charge on any atom is -0.351 e.